The summed E-state index contributed by atoms with van der Waals surface area (Å²) in [5.41, 5.74) is 2.27. The number of halogens is 1. The molecule has 2 rings (SSSR count). The summed E-state index contributed by atoms with van der Waals surface area (Å²) in [6, 6.07) is 8.35. The van der Waals surface area contributed by atoms with Crippen molar-refractivity contribution in [2.24, 2.45) is 5.92 Å². The number of aliphatic hydroxyl groups is 1. The quantitative estimate of drug-likeness (QED) is 0.860. The molecule has 0 saturated heterocycles. The van der Waals surface area contributed by atoms with E-state index in [2.05, 4.69) is 46.0 Å². The summed E-state index contributed by atoms with van der Waals surface area (Å²) in [5, 5.41) is 18.1. The maximum Gasteiger partial charge on any atom is 0.0909 e. The van der Waals surface area contributed by atoms with Crippen molar-refractivity contribution in [2.75, 3.05) is 24.6 Å². The maximum absolute atomic E-state index is 9.28. The Kier molecular flexibility index (Phi) is 4.52. The monoisotopic (exact) mass is 334 g/mol. The molecule has 1 heterocycles. The fraction of sp³-hybridized carbons (Fsp3) is 0.438. The van der Waals surface area contributed by atoms with Crippen LogP contribution in [-0.4, -0.2) is 24.8 Å². The number of allylic oxidation sites excluding steroid dienone is 1. The van der Waals surface area contributed by atoms with Gasteiger partial charge in [0.2, 0.25) is 0 Å². The summed E-state index contributed by atoms with van der Waals surface area (Å²) < 4.78 is 1.05. The lowest BCUT2D eigenvalue weighted by Gasteiger charge is -2.25. The van der Waals surface area contributed by atoms with Gasteiger partial charge >= 0.3 is 0 Å². The molecule has 106 valence electrons. The van der Waals surface area contributed by atoms with Gasteiger partial charge in [-0.1, -0.05) is 41.9 Å². The molecular weight excluding hydrogens is 316 g/mol. The Labute approximate surface area is 128 Å². The largest absolute Gasteiger partial charge is 0.396 e. The predicted molar refractivity (Wildman–Crippen MR) is 84.7 cm³/mol. The van der Waals surface area contributed by atoms with E-state index in [1.807, 2.05) is 19.1 Å². The van der Waals surface area contributed by atoms with Gasteiger partial charge in [0.15, 0.2) is 0 Å². The summed E-state index contributed by atoms with van der Waals surface area (Å²) in [6.07, 6.45) is 3.54. The minimum Gasteiger partial charge on any atom is -0.396 e. The highest BCUT2D eigenvalue weighted by Crippen LogP contribution is 2.43. The third-order valence-corrected chi connectivity index (χ3v) is 4.30. The maximum atomic E-state index is 9.28. The van der Waals surface area contributed by atoms with Gasteiger partial charge in [0.1, 0.15) is 0 Å². The first-order valence-electron chi connectivity index (χ1n) is 6.73. The lowest BCUT2D eigenvalue weighted by Crippen LogP contribution is -2.33. The van der Waals surface area contributed by atoms with Crippen molar-refractivity contribution >= 4 is 21.6 Å². The lowest BCUT2D eigenvalue weighted by molar-refractivity contribution is 0.239. The molecule has 20 heavy (non-hydrogen) atoms. The average molecular weight is 335 g/mol. The summed E-state index contributed by atoms with van der Waals surface area (Å²) in [5.74, 6) is 0.226. The van der Waals surface area contributed by atoms with E-state index in [0.717, 1.165) is 17.6 Å². The zero-order valence-corrected chi connectivity index (χ0v) is 13.4. The number of benzene rings is 1. The fourth-order valence-electron chi connectivity index (χ4n) is 2.78. The van der Waals surface area contributed by atoms with Gasteiger partial charge in [-0.2, -0.15) is 5.26 Å². The predicted octanol–water partition coefficient (Wildman–Crippen LogP) is 3.23. The highest BCUT2D eigenvalue weighted by atomic mass is 79.9. The average Bonchev–Trinajstić information content (AvgIpc) is 2.69. The zero-order valence-electron chi connectivity index (χ0n) is 11.8. The normalized spacial score (nSPS) is 22.9. The number of nitriles is 1. The molecule has 1 aromatic carbocycles. The van der Waals surface area contributed by atoms with Gasteiger partial charge < -0.3 is 10.0 Å². The van der Waals surface area contributed by atoms with E-state index in [0.29, 0.717) is 0 Å². The number of fused-ring (bicyclic) bond motifs is 1. The molecule has 0 aliphatic carbocycles. The van der Waals surface area contributed by atoms with E-state index in [1.165, 1.54) is 11.3 Å². The van der Waals surface area contributed by atoms with Crippen molar-refractivity contribution in [3.05, 3.63) is 40.4 Å². The second kappa shape index (κ2) is 5.99. The molecule has 2 atom stereocenters. The summed E-state index contributed by atoms with van der Waals surface area (Å²) in [7, 11) is 0. The van der Waals surface area contributed by atoms with Gasteiger partial charge in [0.25, 0.3) is 0 Å². The summed E-state index contributed by atoms with van der Waals surface area (Å²) in [6.45, 7) is 6.03. The Hall–Kier alpha value is -1.31. The Bertz CT molecular complexity index is 564. The van der Waals surface area contributed by atoms with Crippen LogP contribution in [-0.2, 0) is 5.41 Å². The van der Waals surface area contributed by atoms with Gasteiger partial charge in [0, 0.05) is 41.3 Å². The van der Waals surface area contributed by atoms with Crippen LogP contribution in [0.3, 0.4) is 0 Å². The topological polar surface area (TPSA) is 47.3 Å². The van der Waals surface area contributed by atoms with Crippen molar-refractivity contribution in [1.82, 2.24) is 0 Å². The number of hydrogen-bond donors (Lipinski definition) is 1. The fourth-order valence-corrected chi connectivity index (χ4v) is 3.13. The van der Waals surface area contributed by atoms with Crippen LogP contribution in [0.15, 0.2) is 34.8 Å². The molecular formula is C16H19BrN2O. The van der Waals surface area contributed by atoms with Crippen LogP contribution in [0.4, 0.5) is 5.69 Å². The standard InChI is InChI=1S/C16H19BrN2O/c1-12(10-20)9-19-11-16(2,6-3-7-18)14-5-4-13(17)8-15(14)19/h3-6,8,12,20H,9-11H2,1-2H3/b6-3+. The van der Waals surface area contributed by atoms with Gasteiger partial charge in [-0.3, -0.25) is 0 Å². The van der Waals surface area contributed by atoms with Crippen LogP contribution in [0.5, 0.6) is 0 Å². The molecule has 0 amide bonds. The molecule has 3 nitrogen and oxygen atoms in total. The van der Waals surface area contributed by atoms with Crippen molar-refractivity contribution < 1.29 is 5.11 Å². The van der Waals surface area contributed by atoms with Gasteiger partial charge in [-0.15, -0.1) is 0 Å². The Morgan fingerprint density at radius 3 is 3.00 bits per heavy atom. The van der Waals surface area contributed by atoms with Crippen LogP contribution in [0.2, 0.25) is 0 Å². The molecule has 0 aromatic heterocycles. The summed E-state index contributed by atoms with van der Waals surface area (Å²) >= 11 is 3.52. The van der Waals surface area contributed by atoms with Crippen molar-refractivity contribution in [1.29, 1.82) is 5.26 Å². The van der Waals surface area contributed by atoms with E-state index in [9.17, 15) is 5.11 Å². The third kappa shape index (κ3) is 2.89. The lowest BCUT2D eigenvalue weighted by atomic mass is 9.84. The van der Waals surface area contributed by atoms with E-state index < -0.39 is 0 Å². The molecule has 4 heteroatoms. The second-order valence-electron chi connectivity index (χ2n) is 5.71. The molecule has 0 radical (unpaired) electrons. The first-order chi connectivity index (χ1) is 9.50. The van der Waals surface area contributed by atoms with E-state index in [-0.39, 0.29) is 17.9 Å². The molecule has 0 fully saturated rings. The minimum atomic E-state index is -0.152. The molecule has 1 aliphatic rings. The molecule has 0 bridgehead atoms. The molecule has 0 saturated carbocycles. The third-order valence-electron chi connectivity index (χ3n) is 3.80. The van der Waals surface area contributed by atoms with Crippen LogP contribution < -0.4 is 4.90 Å². The number of rotatable bonds is 4. The first-order valence-corrected chi connectivity index (χ1v) is 7.52. The highest BCUT2D eigenvalue weighted by molar-refractivity contribution is 9.10. The van der Waals surface area contributed by atoms with Crippen LogP contribution in [0, 0.1) is 17.2 Å². The summed E-state index contributed by atoms with van der Waals surface area (Å²) in [4.78, 5) is 2.29. The van der Waals surface area contributed by atoms with Gasteiger partial charge in [-0.25, -0.2) is 0 Å². The number of hydrogen-bond acceptors (Lipinski definition) is 3. The first kappa shape index (κ1) is 15.1. The number of nitrogens with zero attached hydrogens (tertiary/aromatic N) is 2. The van der Waals surface area contributed by atoms with Crippen LogP contribution in [0.1, 0.15) is 19.4 Å². The molecule has 1 aliphatic heterocycles. The Balaban J connectivity index is 2.40. The van der Waals surface area contributed by atoms with Crippen molar-refractivity contribution in [3.8, 4) is 6.07 Å². The molecule has 1 N–H and O–H groups in total. The van der Waals surface area contributed by atoms with Gasteiger partial charge in [-0.05, 0) is 23.6 Å². The second-order valence-corrected chi connectivity index (χ2v) is 6.63. The zero-order chi connectivity index (χ0) is 14.8. The smallest absolute Gasteiger partial charge is 0.0909 e. The minimum absolute atomic E-state index is 0.152. The molecule has 0 spiro atoms. The molecule has 2 unspecified atom stereocenters. The SMILES string of the molecule is CC(CO)CN1CC(C)(/C=C/C#N)c2ccc(Br)cc21. The van der Waals surface area contributed by atoms with Crippen LogP contribution in [0.25, 0.3) is 0 Å². The van der Waals surface area contributed by atoms with Crippen molar-refractivity contribution in [2.45, 2.75) is 19.3 Å². The van der Waals surface area contributed by atoms with Crippen LogP contribution >= 0.6 is 15.9 Å². The number of aliphatic hydroxyl groups excluding tert-OH is 1. The molecule has 1 aromatic rings. The van der Waals surface area contributed by atoms with E-state index >= 15 is 0 Å². The highest BCUT2D eigenvalue weighted by Gasteiger charge is 2.37. The number of anilines is 1. The van der Waals surface area contributed by atoms with E-state index in [4.69, 9.17) is 5.26 Å². The Morgan fingerprint density at radius 1 is 1.60 bits per heavy atom. The van der Waals surface area contributed by atoms with Gasteiger partial charge in [0.05, 0.1) is 6.07 Å². The van der Waals surface area contributed by atoms with Crippen molar-refractivity contribution in [3.63, 3.8) is 0 Å². The Morgan fingerprint density at radius 2 is 2.35 bits per heavy atom. The van der Waals surface area contributed by atoms with E-state index in [1.54, 1.807) is 6.08 Å².